The fourth-order valence-corrected chi connectivity index (χ4v) is 0.586. The van der Waals surface area contributed by atoms with Gasteiger partial charge in [0, 0.05) is 5.75 Å². The van der Waals surface area contributed by atoms with Crippen LogP contribution in [0.5, 0.6) is 0 Å². The highest BCUT2D eigenvalue weighted by molar-refractivity contribution is 7.80. The van der Waals surface area contributed by atoms with Gasteiger partial charge in [0.2, 0.25) is 0 Å². The molecule has 0 aliphatic heterocycles. The first-order chi connectivity index (χ1) is 5.48. The summed E-state index contributed by atoms with van der Waals surface area (Å²) in [5.41, 5.74) is 0. The molecule has 0 N–H and O–H groups in total. The molecule has 0 saturated carbocycles. The average molecular weight is 200 g/mol. The van der Waals surface area contributed by atoms with Gasteiger partial charge in [-0.05, 0) is 6.92 Å². The number of ether oxygens (including phenoxy) is 1. The Morgan fingerprint density at radius 1 is 1.42 bits per heavy atom. The number of alkyl halides is 3. The van der Waals surface area contributed by atoms with E-state index in [1.165, 1.54) is 6.08 Å². The predicted molar refractivity (Wildman–Crippen MR) is 44.5 cm³/mol. The van der Waals surface area contributed by atoms with Crippen molar-refractivity contribution >= 4 is 12.6 Å². The molecule has 0 saturated heterocycles. The molecule has 0 amide bonds. The second-order valence-corrected chi connectivity index (χ2v) is 2.54. The Labute approximate surface area is 75.0 Å². The van der Waals surface area contributed by atoms with Gasteiger partial charge in [0.15, 0.2) is 6.10 Å². The lowest BCUT2D eigenvalue weighted by molar-refractivity contribution is -0.211. The van der Waals surface area contributed by atoms with Crippen molar-refractivity contribution in [2.45, 2.75) is 19.2 Å². The Hall–Kier alpha value is -0.160. The fourth-order valence-electron chi connectivity index (χ4n) is 0.437. The van der Waals surface area contributed by atoms with Gasteiger partial charge in [-0.2, -0.15) is 25.8 Å². The molecule has 5 heteroatoms. The fraction of sp³-hybridized carbons (Fsp3) is 0.714. The normalized spacial score (nSPS) is 15.4. The van der Waals surface area contributed by atoms with Crippen molar-refractivity contribution in [2.24, 2.45) is 0 Å². The van der Waals surface area contributed by atoms with Gasteiger partial charge in [-0.1, -0.05) is 12.2 Å². The van der Waals surface area contributed by atoms with Crippen molar-refractivity contribution in [2.75, 3.05) is 12.4 Å². The van der Waals surface area contributed by atoms with Gasteiger partial charge in [-0.15, -0.1) is 0 Å². The maximum absolute atomic E-state index is 11.8. The minimum atomic E-state index is -4.27. The third-order valence-corrected chi connectivity index (χ3v) is 1.39. The van der Waals surface area contributed by atoms with Crippen molar-refractivity contribution in [3.63, 3.8) is 0 Å². The standard InChI is InChI=1S/C7H11F3OS/c1-6(7(8,9)10)11-4-2-3-5-12/h2-3,6,12H,4-5H2,1H3. The van der Waals surface area contributed by atoms with Crippen LogP contribution in [0.3, 0.4) is 0 Å². The Morgan fingerprint density at radius 2 is 2.00 bits per heavy atom. The average Bonchev–Trinajstić information content (AvgIpc) is 1.96. The van der Waals surface area contributed by atoms with Crippen LogP contribution in [0.4, 0.5) is 13.2 Å². The van der Waals surface area contributed by atoms with Crippen LogP contribution < -0.4 is 0 Å². The summed E-state index contributed by atoms with van der Waals surface area (Å²) in [4.78, 5) is 0. The molecule has 1 atom stereocenters. The van der Waals surface area contributed by atoms with E-state index in [1.54, 1.807) is 6.08 Å². The van der Waals surface area contributed by atoms with Crippen LogP contribution in [0, 0.1) is 0 Å². The number of rotatable bonds is 4. The molecular formula is C7H11F3OS. The summed E-state index contributed by atoms with van der Waals surface area (Å²) in [6.07, 6.45) is -2.84. The van der Waals surface area contributed by atoms with Gasteiger partial charge in [-0.3, -0.25) is 0 Å². The second-order valence-electron chi connectivity index (χ2n) is 2.17. The highest BCUT2D eigenvalue weighted by Crippen LogP contribution is 2.21. The van der Waals surface area contributed by atoms with Crippen molar-refractivity contribution in [3.05, 3.63) is 12.2 Å². The van der Waals surface area contributed by atoms with E-state index in [2.05, 4.69) is 17.4 Å². The smallest absolute Gasteiger partial charge is 0.365 e. The largest absolute Gasteiger partial charge is 0.414 e. The number of halogens is 3. The van der Waals surface area contributed by atoms with Crippen LogP contribution in [0.2, 0.25) is 0 Å². The molecular weight excluding hydrogens is 189 g/mol. The van der Waals surface area contributed by atoms with Gasteiger partial charge in [-0.25, -0.2) is 0 Å². The molecule has 0 aromatic rings. The Balaban J connectivity index is 3.58. The molecule has 0 aliphatic rings. The van der Waals surface area contributed by atoms with Crippen LogP contribution in [0.1, 0.15) is 6.92 Å². The highest BCUT2D eigenvalue weighted by Gasteiger charge is 2.36. The van der Waals surface area contributed by atoms with Gasteiger partial charge in [0.25, 0.3) is 0 Å². The molecule has 12 heavy (non-hydrogen) atoms. The summed E-state index contributed by atoms with van der Waals surface area (Å²) in [6.45, 7) is 0.954. The van der Waals surface area contributed by atoms with E-state index in [0.29, 0.717) is 5.75 Å². The SMILES string of the molecule is CC(OCC=CCS)C(F)(F)F. The first-order valence-electron chi connectivity index (χ1n) is 3.42. The number of hydrogen-bond donors (Lipinski definition) is 1. The van der Waals surface area contributed by atoms with Gasteiger partial charge >= 0.3 is 6.18 Å². The van der Waals surface area contributed by atoms with Crippen LogP contribution in [-0.4, -0.2) is 24.6 Å². The lowest BCUT2D eigenvalue weighted by Crippen LogP contribution is -2.28. The van der Waals surface area contributed by atoms with E-state index in [-0.39, 0.29) is 6.61 Å². The van der Waals surface area contributed by atoms with Gasteiger partial charge in [0.05, 0.1) is 6.61 Å². The maximum Gasteiger partial charge on any atom is 0.414 e. The van der Waals surface area contributed by atoms with Crippen molar-refractivity contribution in [1.82, 2.24) is 0 Å². The lowest BCUT2D eigenvalue weighted by Gasteiger charge is -2.14. The van der Waals surface area contributed by atoms with Crippen molar-refractivity contribution < 1.29 is 17.9 Å². The number of thiol groups is 1. The summed E-state index contributed by atoms with van der Waals surface area (Å²) in [5.74, 6) is 0.504. The minimum absolute atomic E-state index is 0.0266. The van der Waals surface area contributed by atoms with Crippen LogP contribution in [0.15, 0.2) is 12.2 Å². The summed E-state index contributed by atoms with van der Waals surface area (Å²) in [7, 11) is 0. The van der Waals surface area contributed by atoms with Gasteiger partial charge in [0.1, 0.15) is 0 Å². The molecule has 0 radical (unpaired) electrons. The summed E-state index contributed by atoms with van der Waals surface area (Å²) in [6, 6.07) is 0. The van der Waals surface area contributed by atoms with E-state index in [0.717, 1.165) is 6.92 Å². The zero-order valence-electron chi connectivity index (χ0n) is 6.64. The zero-order chi connectivity index (χ0) is 9.61. The first kappa shape index (κ1) is 11.8. The van der Waals surface area contributed by atoms with Gasteiger partial charge < -0.3 is 4.74 Å². The molecule has 0 aromatic carbocycles. The van der Waals surface area contributed by atoms with E-state index in [1.807, 2.05) is 0 Å². The monoisotopic (exact) mass is 200 g/mol. The molecule has 0 fully saturated rings. The first-order valence-corrected chi connectivity index (χ1v) is 4.06. The molecule has 0 aliphatic carbocycles. The lowest BCUT2D eigenvalue weighted by atomic mass is 10.4. The summed E-state index contributed by atoms with van der Waals surface area (Å²) in [5, 5.41) is 0. The molecule has 0 aromatic heterocycles. The maximum atomic E-state index is 11.8. The zero-order valence-corrected chi connectivity index (χ0v) is 7.53. The third kappa shape index (κ3) is 5.49. The summed E-state index contributed by atoms with van der Waals surface area (Å²) >= 11 is 3.84. The summed E-state index contributed by atoms with van der Waals surface area (Å²) < 4.78 is 39.8. The van der Waals surface area contributed by atoms with E-state index in [9.17, 15) is 13.2 Å². The van der Waals surface area contributed by atoms with E-state index >= 15 is 0 Å². The topological polar surface area (TPSA) is 9.23 Å². The molecule has 0 bridgehead atoms. The van der Waals surface area contributed by atoms with Crippen molar-refractivity contribution in [3.8, 4) is 0 Å². The molecule has 0 rings (SSSR count). The Bertz CT molecular complexity index is 144. The van der Waals surface area contributed by atoms with Crippen LogP contribution in [0.25, 0.3) is 0 Å². The molecule has 1 unspecified atom stereocenters. The van der Waals surface area contributed by atoms with E-state index in [4.69, 9.17) is 0 Å². The Kier molecular flexibility index (Phi) is 5.41. The molecule has 0 spiro atoms. The Morgan fingerprint density at radius 3 is 2.42 bits per heavy atom. The third-order valence-electron chi connectivity index (χ3n) is 1.18. The molecule has 0 heterocycles. The predicted octanol–water partition coefficient (Wildman–Crippen LogP) is 2.44. The minimum Gasteiger partial charge on any atom is -0.365 e. The van der Waals surface area contributed by atoms with Crippen LogP contribution >= 0.6 is 12.6 Å². The quantitative estimate of drug-likeness (QED) is 0.541. The molecule has 72 valence electrons. The number of hydrogen-bond acceptors (Lipinski definition) is 2. The van der Waals surface area contributed by atoms with Crippen LogP contribution in [-0.2, 0) is 4.74 Å². The molecule has 1 nitrogen and oxygen atoms in total. The highest BCUT2D eigenvalue weighted by atomic mass is 32.1. The second kappa shape index (κ2) is 5.48. The van der Waals surface area contributed by atoms with E-state index < -0.39 is 12.3 Å². The van der Waals surface area contributed by atoms with Crippen molar-refractivity contribution in [1.29, 1.82) is 0 Å².